The van der Waals surface area contributed by atoms with Gasteiger partial charge in [0.1, 0.15) is 0 Å². The molecule has 0 amide bonds. The van der Waals surface area contributed by atoms with Gasteiger partial charge in [0.25, 0.3) is 0 Å². The molecule has 5 nitrogen and oxygen atoms in total. The van der Waals surface area contributed by atoms with E-state index in [9.17, 15) is 10.1 Å². The largest absolute Gasteiger partial charge is 0.264 e. The van der Waals surface area contributed by atoms with Crippen LogP contribution in [-0.4, -0.2) is 34.1 Å². The molecule has 3 rings (SSSR count). The van der Waals surface area contributed by atoms with Crippen molar-refractivity contribution in [2.45, 2.75) is 46.8 Å². The van der Waals surface area contributed by atoms with Crippen LogP contribution in [-0.2, 0) is 13.1 Å². The molecule has 1 aliphatic heterocycles. The van der Waals surface area contributed by atoms with Gasteiger partial charge in [0.05, 0.1) is 13.1 Å². The van der Waals surface area contributed by atoms with Crippen molar-refractivity contribution in [1.29, 1.82) is 0 Å². The molecule has 26 heavy (non-hydrogen) atoms. The second-order valence-electron chi connectivity index (χ2n) is 7.49. The zero-order chi connectivity index (χ0) is 18.8. The van der Waals surface area contributed by atoms with Crippen LogP contribution < -0.4 is 0 Å². The molecule has 0 unspecified atom stereocenters. The number of hydrogen-bond acceptors (Lipinski definition) is 4. The van der Waals surface area contributed by atoms with Crippen molar-refractivity contribution < 1.29 is 4.92 Å². The lowest BCUT2D eigenvalue weighted by molar-refractivity contribution is -0.515. The van der Waals surface area contributed by atoms with Crippen LogP contribution in [0.4, 0.5) is 0 Å². The van der Waals surface area contributed by atoms with Gasteiger partial charge in [0, 0.05) is 18.0 Å². The van der Waals surface area contributed by atoms with Crippen LogP contribution in [0.25, 0.3) is 0 Å². The van der Waals surface area contributed by atoms with E-state index >= 15 is 0 Å². The van der Waals surface area contributed by atoms with Gasteiger partial charge in [-0.2, -0.15) is 0 Å². The summed E-state index contributed by atoms with van der Waals surface area (Å²) in [5, 5.41) is 15.7. The Morgan fingerprint density at radius 2 is 1.31 bits per heavy atom. The first-order valence-corrected chi connectivity index (χ1v) is 9.09. The van der Waals surface area contributed by atoms with Crippen LogP contribution in [0.3, 0.4) is 0 Å². The van der Waals surface area contributed by atoms with Gasteiger partial charge in [0.15, 0.2) is 0 Å². The maximum absolute atomic E-state index is 11.4. The van der Waals surface area contributed by atoms with E-state index in [2.05, 4.69) is 74.1 Å². The van der Waals surface area contributed by atoms with Crippen LogP contribution in [0.1, 0.15) is 33.4 Å². The SMILES string of the molecule is Cc1ccc(CN2CC([N+](=O)[O-])CN2Cc2ccc(C)cc2C)c(C)c1. The van der Waals surface area contributed by atoms with Gasteiger partial charge in [0.2, 0.25) is 6.04 Å². The van der Waals surface area contributed by atoms with Crippen molar-refractivity contribution in [3.63, 3.8) is 0 Å². The van der Waals surface area contributed by atoms with Crippen LogP contribution in [0.2, 0.25) is 0 Å². The Morgan fingerprint density at radius 3 is 1.65 bits per heavy atom. The summed E-state index contributed by atoms with van der Waals surface area (Å²) < 4.78 is 0. The Balaban J connectivity index is 1.81. The number of hydrazine groups is 1. The molecule has 5 heteroatoms. The lowest BCUT2D eigenvalue weighted by Crippen LogP contribution is -2.35. The van der Waals surface area contributed by atoms with E-state index in [1.807, 2.05) is 0 Å². The number of hydrogen-bond donors (Lipinski definition) is 0. The molecule has 0 aliphatic carbocycles. The number of aryl methyl sites for hydroxylation is 4. The fourth-order valence-electron chi connectivity index (χ4n) is 3.68. The molecule has 2 aromatic rings. The van der Waals surface area contributed by atoms with Crippen molar-refractivity contribution in [2.75, 3.05) is 13.1 Å². The molecule has 1 aliphatic rings. The third-order valence-electron chi connectivity index (χ3n) is 5.24. The number of nitro groups is 1. The van der Waals surface area contributed by atoms with Crippen LogP contribution in [0.15, 0.2) is 36.4 Å². The fraction of sp³-hybridized carbons (Fsp3) is 0.429. The fourth-order valence-corrected chi connectivity index (χ4v) is 3.68. The number of nitrogens with zero attached hydrogens (tertiary/aromatic N) is 3. The lowest BCUT2D eigenvalue weighted by atomic mass is 10.1. The highest BCUT2D eigenvalue weighted by Crippen LogP contribution is 2.23. The van der Waals surface area contributed by atoms with Crippen molar-refractivity contribution in [3.05, 3.63) is 79.9 Å². The lowest BCUT2D eigenvalue weighted by Gasteiger charge is -2.28. The van der Waals surface area contributed by atoms with Crippen molar-refractivity contribution >= 4 is 0 Å². The molecule has 0 N–H and O–H groups in total. The van der Waals surface area contributed by atoms with Crippen LogP contribution in [0.5, 0.6) is 0 Å². The minimum atomic E-state index is -0.536. The molecule has 2 aromatic carbocycles. The molecule has 1 saturated heterocycles. The summed E-state index contributed by atoms with van der Waals surface area (Å²) in [5.41, 5.74) is 7.41. The normalized spacial score (nSPS) is 16.3. The smallest absolute Gasteiger partial charge is 0.240 e. The number of benzene rings is 2. The van der Waals surface area contributed by atoms with E-state index in [1.165, 1.54) is 33.4 Å². The summed E-state index contributed by atoms with van der Waals surface area (Å²) in [5.74, 6) is 0. The first kappa shape index (κ1) is 18.5. The summed E-state index contributed by atoms with van der Waals surface area (Å²) in [6.45, 7) is 10.7. The zero-order valence-corrected chi connectivity index (χ0v) is 16.0. The van der Waals surface area contributed by atoms with Gasteiger partial charge in [-0.3, -0.25) is 10.1 Å². The monoisotopic (exact) mass is 353 g/mol. The summed E-state index contributed by atoms with van der Waals surface area (Å²) in [6, 6.07) is 12.3. The molecule has 0 saturated carbocycles. The summed E-state index contributed by atoms with van der Waals surface area (Å²) >= 11 is 0. The van der Waals surface area contributed by atoms with Gasteiger partial charge < -0.3 is 0 Å². The van der Waals surface area contributed by atoms with Crippen LogP contribution >= 0.6 is 0 Å². The molecule has 0 atom stereocenters. The first-order valence-electron chi connectivity index (χ1n) is 9.09. The maximum Gasteiger partial charge on any atom is 0.240 e. The Kier molecular flexibility index (Phi) is 5.39. The maximum atomic E-state index is 11.4. The van der Waals surface area contributed by atoms with Gasteiger partial charge in [-0.05, 0) is 49.9 Å². The van der Waals surface area contributed by atoms with E-state index < -0.39 is 6.04 Å². The van der Waals surface area contributed by atoms with Gasteiger partial charge in [-0.25, -0.2) is 10.0 Å². The summed E-state index contributed by atoms with van der Waals surface area (Å²) in [6.07, 6.45) is 0. The Bertz CT molecular complexity index is 757. The van der Waals surface area contributed by atoms with Gasteiger partial charge >= 0.3 is 0 Å². The average molecular weight is 353 g/mol. The predicted octanol–water partition coefficient (Wildman–Crippen LogP) is 3.80. The van der Waals surface area contributed by atoms with Crippen molar-refractivity contribution in [2.24, 2.45) is 0 Å². The molecule has 0 bridgehead atoms. The minimum absolute atomic E-state index is 0.142. The van der Waals surface area contributed by atoms with Crippen molar-refractivity contribution in [3.8, 4) is 0 Å². The first-order chi connectivity index (χ1) is 12.3. The molecule has 0 aromatic heterocycles. The highest BCUT2D eigenvalue weighted by Gasteiger charge is 2.37. The zero-order valence-electron chi connectivity index (χ0n) is 16.0. The summed E-state index contributed by atoms with van der Waals surface area (Å²) in [4.78, 5) is 11.2. The van der Waals surface area contributed by atoms with E-state index in [1.54, 1.807) is 0 Å². The van der Waals surface area contributed by atoms with E-state index in [0.717, 1.165) is 0 Å². The van der Waals surface area contributed by atoms with Crippen LogP contribution in [0, 0.1) is 37.8 Å². The molecule has 138 valence electrons. The van der Waals surface area contributed by atoms with E-state index in [0.29, 0.717) is 26.2 Å². The Morgan fingerprint density at radius 1 is 0.885 bits per heavy atom. The topological polar surface area (TPSA) is 49.6 Å². The second kappa shape index (κ2) is 7.56. The molecular formula is C21H27N3O2. The average Bonchev–Trinajstić information content (AvgIpc) is 2.96. The van der Waals surface area contributed by atoms with Gasteiger partial charge in [-0.15, -0.1) is 0 Å². The Labute approximate surface area is 155 Å². The highest BCUT2D eigenvalue weighted by molar-refractivity contribution is 5.31. The van der Waals surface area contributed by atoms with Gasteiger partial charge in [-0.1, -0.05) is 47.5 Å². The highest BCUT2D eigenvalue weighted by atomic mass is 16.6. The quantitative estimate of drug-likeness (QED) is 0.606. The summed E-state index contributed by atoms with van der Waals surface area (Å²) in [7, 11) is 0. The number of rotatable bonds is 5. The molecule has 0 radical (unpaired) electrons. The molecule has 1 fully saturated rings. The minimum Gasteiger partial charge on any atom is -0.264 e. The Hall–Kier alpha value is -2.24. The van der Waals surface area contributed by atoms with E-state index in [4.69, 9.17) is 0 Å². The third-order valence-corrected chi connectivity index (χ3v) is 5.24. The standard InChI is InChI=1S/C21H27N3O2/c1-15-5-7-19(17(3)9-15)11-22-13-21(24(25)26)14-23(22)12-20-8-6-16(2)10-18(20)4/h5-10,21H,11-14H2,1-4H3. The van der Waals surface area contributed by atoms with E-state index in [-0.39, 0.29) is 4.92 Å². The predicted molar refractivity (Wildman–Crippen MR) is 103 cm³/mol. The molecule has 0 spiro atoms. The third kappa shape index (κ3) is 4.11. The second-order valence-corrected chi connectivity index (χ2v) is 7.49. The van der Waals surface area contributed by atoms with Crippen molar-refractivity contribution in [1.82, 2.24) is 10.0 Å². The molecular weight excluding hydrogens is 326 g/mol. The molecule has 1 heterocycles.